The number of nitrogens with zero attached hydrogens (tertiary/aromatic N) is 5. The Morgan fingerprint density at radius 2 is 1.95 bits per heavy atom. The third-order valence-corrected chi connectivity index (χ3v) is 8.24. The Bertz CT molecular complexity index is 1760. The highest BCUT2D eigenvalue weighted by Gasteiger charge is 2.21. The van der Waals surface area contributed by atoms with Crippen LogP contribution in [0.25, 0.3) is 11.4 Å². The fraction of sp³-hybridized carbons (Fsp3) is 0.219. The highest BCUT2D eigenvalue weighted by atomic mass is 32.1. The lowest BCUT2D eigenvalue weighted by atomic mass is 9.83. The van der Waals surface area contributed by atoms with Gasteiger partial charge in [-0.2, -0.15) is 4.80 Å². The predicted molar refractivity (Wildman–Crippen MR) is 167 cm³/mol. The zero-order valence-electron chi connectivity index (χ0n) is 22.8. The zero-order chi connectivity index (χ0) is 28.2. The van der Waals surface area contributed by atoms with E-state index >= 15 is 0 Å². The maximum atomic E-state index is 5.76. The molecule has 1 N–H and O–H groups in total. The van der Waals surface area contributed by atoms with Crippen molar-refractivity contribution in [2.45, 2.75) is 38.6 Å². The molecule has 1 saturated carbocycles. The van der Waals surface area contributed by atoms with Gasteiger partial charge in [0.2, 0.25) is 5.82 Å². The number of tetrazole rings is 1. The normalized spacial score (nSPS) is 12.7. The number of anilines is 1. The summed E-state index contributed by atoms with van der Waals surface area (Å²) in [6.45, 7) is 2.55. The molecule has 3 aromatic carbocycles. The number of aryl methyl sites for hydroxylation is 1. The lowest BCUT2D eigenvalue weighted by molar-refractivity contribution is 0.412. The molecule has 41 heavy (non-hydrogen) atoms. The molecule has 0 bridgehead atoms. The molecular weight excluding hydrogens is 549 g/mol. The molecule has 1 aliphatic rings. The van der Waals surface area contributed by atoms with Crippen LogP contribution in [0.4, 0.5) is 5.69 Å². The standard InChI is InChI=1S/C32H28N6OS2/c1-21-17-25(31-35-37-38(36-31)19-23-9-13-27(39-2)14-10-23)12-15-28(21)32(40)33-26-8-3-5-22(18-26)11-16-30-34-29(20-41-30)24-6-4-7-24/h3,5,8-10,12-15,17-18,20,24H,4,6-7,19H2,1-2H3,(H,33,40). The van der Waals surface area contributed by atoms with Gasteiger partial charge in [0.25, 0.3) is 0 Å². The van der Waals surface area contributed by atoms with Crippen molar-refractivity contribution in [2.75, 3.05) is 12.4 Å². The summed E-state index contributed by atoms with van der Waals surface area (Å²) in [5.41, 5.74) is 6.91. The van der Waals surface area contributed by atoms with Crippen molar-refractivity contribution in [3.05, 3.63) is 105 Å². The van der Waals surface area contributed by atoms with Crippen LogP contribution in [-0.4, -0.2) is 37.3 Å². The number of ether oxygens (including phenoxy) is 1. The van der Waals surface area contributed by atoms with Gasteiger partial charge in [-0.15, -0.1) is 21.5 Å². The smallest absolute Gasteiger partial charge is 0.204 e. The summed E-state index contributed by atoms with van der Waals surface area (Å²) < 4.78 is 5.22. The van der Waals surface area contributed by atoms with E-state index < -0.39 is 0 Å². The first kappa shape index (κ1) is 26.8. The highest BCUT2D eigenvalue weighted by Crippen LogP contribution is 2.36. The van der Waals surface area contributed by atoms with Crippen molar-refractivity contribution in [2.24, 2.45) is 0 Å². The van der Waals surface area contributed by atoms with Crippen molar-refractivity contribution in [3.63, 3.8) is 0 Å². The van der Waals surface area contributed by atoms with Gasteiger partial charge >= 0.3 is 0 Å². The maximum absolute atomic E-state index is 5.76. The average Bonchev–Trinajstić information content (AvgIpc) is 3.61. The third kappa shape index (κ3) is 6.35. The quantitative estimate of drug-likeness (QED) is 0.172. The molecule has 0 atom stereocenters. The molecule has 0 unspecified atom stereocenters. The van der Waals surface area contributed by atoms with Crippen LogP contribution in [0.5, 0.6) is 5.75 Å². The number of thiazole rings is 1. The summed E-state index contributed by atoms with van der Waals surface area (Å²) in [7, 11) is 1.65. The van der Waals surface area contributed by atoms with Gasteiger partial charge in [-0.1, -0.05) is 54.9 Å². The largest absolute Gasteiger partial charge is 0.497 e. The lowest BCUT2D eigenvalue weighted by Gasteiger charge is -2.22. The van der Waals surface area contributed by atoms with Gasteiger partial charge in [0.05, 0.1) is 19.3 Å². The second kappa shape index (κ2) is 12.0. The molecule has 1 fully saturated rings. The number of benzene rings is 3. The molecule has 7 nitrogen and oxygen atoms in total. The van der Waals surface area contributed by atoms with Crippen LogP contribution < -0.4 is 10.1 Å². The van der Waals surface area contributed by atoms with E-state index in [9.17, 15) is 0 Å². The summed E-state index contributed by atoms with van der Waals surface area (Å²) in [4.78, 5) is 6.94. The van der Waals surface area contributed by atoms with Crippen LogP contribution in [0.3, 0.4) is 0 Å². The van der Waals surface area contributed by atoms with Crippen molar-refractivity contribution in [1.29, 1.82) is 0 Å². The van der Waals surface area contributed by atoms with Crippen molar-refractivity contribution in [1.82, 2.24) is 25.2 Å². The van der Waals surface area contributed by atoms with E-state index in [1.54, 1.807) is 23.2 Å². The number of hydrogen-bond acceptors (Lipinski definition) is 7. The number of hydrogen-bond donors (Lipinski definition) is 1. The first-order valence-corrected chi connectivity index (χ1v) is 14.7. The van der Waals surface area contributed by atoms with E-state index in [0.29, 0.717) is 23.3 Å². The number of thiocarbonyl (C=S) groups is 1. The Kier molecular flexibility index (Phi) is 7.85. The number of aromatic nitrogens is 5. The summed E-state index contributed by atoms with van der Waals surface area (Å²) >= 11 is 7.38. The predicted octanol–water partition coefficient (Wildman–Crippen LogP) is 6.62. The van der Waals surface area contributed by atoms with Crippen LogP contribution in [0.1, 0.15) is 58.1 Å². The monoisotopic (exact) mass is 576 g/mol. The first-order valence-electron chi connectivity index (χ1n) is 13.4. The van der Waals surface area contributed by atoms with Gasteiger partial charge in [-0.25, -0.2) is 4.98 Å². The van der Waals surface area contributed by atoms with Crippen LogP contribution in [0.15, 0.2) is 72.1 Å². The number of rotatable bonds is 7. The maximum Gasteiger partial charge on any atom is 0.204 e. The molecule has 0 saturated heterocycles. The minimum Gasteiger partial charge on any atom is -0.497 e. The molecule has 5 aromatic rings. The minimum atomic E-state index is 0.525. The third-order valence-electron chi connectivity index (χ3n) is 7.14. The molecule has 9 heteroatoms. The van der Waals surface area contributed by atoms with Crippen LogP contribution in [0, 0.1) is 18.8 Å². The zero-order valence-corrected chi connectivity index (χ0v) is 24.4. The fourth-order valence-corrected chi connectivity index (χ4v) is 5.70. The van der Waals surface area contributed by atoms with E-state index in [2.05, 4.69) is 37.9 Å². The summed E-state index contributed by atoms with van der Waals surface area (Å²) in [6, 6.07) is 21.8. The van der Waals surface area contributed by atoms with E-state index in [1.807, 2.05) is 73.7 Å². The minimum absolute atomic E-state index is 0.525. The van der Waals surface area contributed by atoms with E-state index in [4.69, 9.17) is 21.9 Å². The molecule has 2 aromatic heterocycles. The topological polar surface area (TPSA) is 77.8 Å². The van der Waals surface area contributed by atoms with Gasteiger partial charge in [0.1, 0.15) is 10.7 Å². The average molecular weight is 577 g/mol. The number of methoxy groups -OCH3 is 1. The summed E-state index contributed by atoms with van der Waals surface area (Å²) in [5.74, 6) is 8.48. The van der Waals surface area contributed by atoms with Gasteiger partial charge in [-0.05, 0) is 78.4 Å². The number of nitrogens with one attached hydrogen (secondary N) is 1. The molecule has 1 aliphatic carbocycles. The molecule has 204 valence electrons. The Morgan fingerprint density at radius 1 is 1.10 bits per heavy atom. The van der Waals surface area contributed by atoms with E-state index in [0.717, 1.165) is 44.3 Å². The van der Waals surface area contributed by atoms with E-state index in [-0.39, 0.29) is 0 Å². The summed E-state index contributed by atoms with van der Waals surface area (Å²) in [5, 5.41) is 19.4. The van der Waals surface area contributed by atoms with Crippen LogP contribution in [0.2, 0.25) is 0 Å². The van der Waals surface area contributed by atoms with Gasteiger partial charge < -0.3 is 10.1 Å². The Hall–Kier alpha value is -4.39. The van der Waals surface area contributed by atoms with Crippen molar-refractivity contribution in [3.8, 4) is 29.0 Å². The summed E-state index contributed by atoms with van der Waals surface area (Å²) in [6.07, 6.45) is 3.80. The van der Waals surface area contributed by atoms with Gasteiger partial charge in [0.15, 0.2) is 5.01 Å². The molecule has 0 radical (unpaired) electrons. The highest BCUT2D eigenvalue weighted by molar-refractivity contribution is 7.81. The van der Waals surface area contributed by atoms with Gasteiger partial charge in [0, 0.05) is 33.7 Å². The van der Waals surface area contributed by atoms with Crippen molar-refractivity contribution < 1.29 is 4.74 Å². The second-order valence-corrected chi connectivity index (χ2v) is 11.3. The van der Waals surface area contributed by atoms with Gasteiger partial charge in [-0.3, -0.25) is 0 Å². The van der Waals surface area contributed by atoms with Crippen LogP contribution in [-0.2, 0) is 6.54 Å². The molecular formula is C32H28N6OS2. The van der Waals surface area contributed by atoms with E-state index in [1.165, 1.54) is 25.0 Å². The molecule has 2 heterocycles. The second-order valence-electron chi connectivity index (χ2n) is 10.0. The Morgan fingerprint density at radius 3 is 2.71 bits per heavy atom. The van der Waals surface area contributed by atoms with Crippen molar-refractivity contribution >= 4 is 34.2 Å². The Labute approximate surface area is 248 Å². The fourth-order valence-electron chi connectivity index (χ4n) is 4.61. The molecule has 6 rings (SSSR count). The Balaban J connectivity index is 1.10. The molecule has 0 amide bonds. The first-order chi connectivity index (χ1) is 20.0. The SMILES string of the molecule is COc1ccc(Cn2nnc(-c3ccc(C(=S)Nc4cccc(C#Cc5nc(C6CCC6)cs5)c4)c(C)c3)n2)cc1. The molecule has 0 spiro atoms. The molecule has 0 aliphatic heterocycles. The lowest BCUT2D eigenvalue weighted by Crippen LogP contribution is -2.12. The van der Waals surface area contributed by atoms with Crippen LogP contribution >= 0.6 is 23.6 Å².